The largest absolute Gasteiger partial charge is 0.356 e. The summed E-state index contributed by atoms with van der Waals surface area (Å²) in [6.45, 7) is 5.58. The van der Waals surface area contributed by atoms with Gasteiger partial charge in [0.05, 0.1) is 26.9 Å². The van der Waals surface area contributed by atoms with E-state index < -0.39 is 10.0 Å². The van der Waals surface area contributed by atoms with E-state index in [1.807, 2.05) is 20.0 Å². The number of hydrogen-bond acceptors (Lipinski definition) is 10. The summed E-state index contributed by atoms with van der Waals surface area (Å²) in [6, 6.07) is 15.4. The van der Waals surface area contributed by atoms with Crippen LogP contribution in [-0.4, -0.2) is 83.0 Å². The number of benzene rings is 1. The summed E-state index contributed by atoms with van der Waals surface area (Å²) in [5.74, 6) is 2.22. The molecule has 0 atom stereocenters. The number of thioether (sulfide) groups is 1. The molecule has 0 radical (unpaired) electrons. The summed E-state index contributed by atoms with van der Waals surface area (Å²) < 4.78 is 27.7. The first-order valence-electron chi connectivity index (χ1n) is 21.4. The first-order chi connectivity index (χ1) is 27.8. The van der Waals surface area contributed by atoms with Crippen LogP contribution in [0.1, 0.15) is 120 Å². The Hall–Kier alpha value is -3.79. The number of anilines is 1. The lowest BCUT2D eigenvalue weighted by Crippen LogP contribution is -2.43. The molecule has 4 heterocycles. The Bertz CT molecular complexity index is 2010. The summed E-state index contributed by atoms with van der Waals surface area (Å²) >= 11 is 1.67. The van der Waals surface area contributed by atoms with Gasteiger partial charge in [-0.2, -0.15) is 5.26 Å². The second-order valence-corrected chi connectivity index (χ2v) is 19.0. The highest BCUT2D eigenvalue weighted by Gasteiger charge is 2.34. The first-order valence-corrected chi connectivity index (χ1v) is 23.8. The Morgan fingerprint density at radius 3 is 2.30 bits per heavy atom. The van der Waals surface area contributed by atoms with Gasteiger partial charge in [-0.15, -0.1) is 11.8 Å². The molecule has 0 bridgehead atoms. The minimum atomic E-state index is -3.76. The van der Waals surface area contributed by atoms with Crippen LogP contribution in [0.5, 0.6) is 0 Å². The summed E-state index contributed by atoms with van der Waals surface area (Å²) in [5.41, 5.74) is 1.99. The Balaban J connectivity index is 0.000000215. The van der Waals surface area contributed by atoms with E-state index in [-0.39, 0.29) is 4.90 Å². The fourth-order valence-corrected chi connectivity index (χ4v) is 10.7. The lowest BCUT2D eigenvalue weighted by molar-refractivity contribution is 0.167. The molecule has 0 N–H and O–H groups in total. The molecule has 12 heteroatoms. The Kier molecular flexibility index (Phi) is 16.4. The van der Waals surface area contributed by atoms with Crippen LogP contribution in [0, 0.1) is 24.2 Å². The number of aliphatic imine (C=N–C) groups is 1. The lowest BCUT2D eigenvalue weighted by atomic mass is 9.81. The third-order valence-corrected chi connectivity index (χ3v) is 14.7. The predicted octanol–water partition coefficient (Wildman–Crippen LogP) is 9.86. The molecule has 10 nitrogen and oxygen atoms in total. The molecule has 0 saturated heterocycles. The quantitative estimate of drug-likeness (QED) is 0.160. The van der Waals surface area contributed by atoms with Crippen LogP contribution < -0.4 is 4.90 Å². The smallest absolute Gasteiger partial charge is 0.269 e. The summed E-state index contributed by atoms with van der Waals surface area (Å²) in [5, 5.41) is 10.6. The molecule has 3 aromatic heterocycles. The van der Waals surface area contributed by atoms with E-state index in [0.717, 1.165) is 47.6 Å². The van der Waals surface area contributed by atoms with Crippen molar-refractivity contribution >= 4 is 44.9 Å². The molecule has 2 fully saturated rings. The van der Waals surface area contributed by atoms with Gasteiger partial charge < -0.3 is 9.80 Å². The Morgan fingerprint density at radius 1 is 0.860 bits per heavy atom. The van der Waals surface area contributed by atoms with Crippen molar-refractivity contribution in [3.8, 4) is 6.07 Å². The molecule has 3 aliphatic rings. The fourth-order valence-electron chi connectivity index (χ4n) is 8.38. The van der Waals surface area contributed by atoms with Gasteiger partial charge in [0.1, 0.15) is 12.1 Å². The highest BCUT2D eigenvalue weighted by atomic mass is 32.2. The van der Waals surface area contributed by atoms with Crippen LogP contribution in [-0.2, 0) is 10.0 Å². The second-order valence-electron chi connectivity index (χ2n) is 16.2. The molecule has 7 rings (SSSR count). The van der Waals surface area contributed by atoms with Gasteiger partial charge in [0.2, 0.25) is 0 Å². The van der Waals surface area contributed by atoms with E-state index in [1.54, 1.807) is 60.6 Å². The Morgan fingerprint density at radius 2 is 1.56 bits per heavy atom. The van der Waals surface area contributed by atoms with E-state index >= 15 is 0 Å². The van der Waals surface area contributed by atoms with Gasteiger partial charge in [-0.25, -0.2) is 27.3 Å². The maximum Gasteiger partial charge on any atom is 0.269 e. The van der Waals surface area contributed by atoms with Crippen LogP contribution in [0.15, 0.2) is 76.1 Å². The maximum atomic E-state index is 13.2. The molecule has 1 aliphatic heterocycles. The zero-order valence-electron chi connectivity index (χ0n) is 34.1. The molecule has 0 unspecified atom stereocenters. The molecule has 306 valence electrons. The van der Waals surface area contributed by atoms with Crippen LogP contribution in [0.25, 0.3) is 11.0 Å². The van der Waals surface area contributed by atoms with Crippen molar-refractivity contribution in [3.05, 3.63) is 72.3 Å². The number of hydrogen-bond donors (Lipinski definition) is 0. The van der Waals surface area contributed by atoms with Crippen LogP contribution in [0.3, 0.4) is 0 Å². The molecule has 57 heavy (non-hydrogen) atoms. The molecule has 0 amide bonds. The highest BCUT2D eigenvalue weighted by Crippen LogP contribution is 2.38. The van der Waals surface area contributed by atoms with E-state index in [9.17, 15) is 8.42 Å². The zero-order valence-corrected chi connectivity index (χ0v) is 35.8. The number of fused-ring (bicyclic) bond motifs is 1. The Labute approximate surface area is 345 Å². The molecular formula is C45H62N8O2S2. The summed E-state index contributed by atoms with van der Waals surface area (Å²) in [4.78, 5) is 22.9. The van der Waals surface area contributed by atoms with Gasteiger partial charge in [-0.3, -0.25) is 4.99 Å². The van der Waals surface area contributed by atoms with Crippen LogP contribution in [0.2, 0.25) is 0 Å². The number of nitrogens with zero attached hydrogens (tertiary/aromatic N) is 8. The average Bonchev–Trinajstić information content (AvgIpc) is 3.61. The van der Waals surface area contributed by atoms with E-state index in [2.05, 4.69) is 42.0 Å². The van der Waals surface area contributed by atoms with Crippen molar-refractivity contribution < 1.29 is 8.42 Å². The summed E-state index contributed by atoms with van der Waals surface area (Å²) in [6.07, 6.45) is 30.1. The lowest BCUT2D eigenvalue weighted by Gasteiger charge is -2.41. The third-order valence-electron chi connectivity index (χ3n) is 11.9. The molecule has 4 aromatic rings. The fraction of sp³-hybridized carbons (Fsp3) is 0.578. The number of pyridine rings is 1. The number of aromatic nitrogens is 4. The number of rotatable bonds is 8. The highest BCUT2D eigenvalue weighted by molar-refractivity contribution is 7.99. The summed E-state index contributed by atoms with van der Waals surface area (Å²) in [7, 11) is -1.76. The average molecular weight is 811 g/mol. The van der Waals surface area contributed by atoms with Crippen molar-refractivity contribution in [1.29, 1.82) is 5.26 Å². The third kappa shape index (κ3) is 12.1. The molecule has 2 saturated carbocycles. The molecule has 1 aromatic carbocycles. The first kappa shape index (κ1) is 42.8. The topological polar surface area (TPSA) is 120 Å². The van der Waals surface area contributed by atoms with Crippen molar-refractivity contribution in [3.63, 3.8) is 0 Å². The van der Waals surface area contributed by atoms with Gasteiger partial charge in [-0.05, 0) is 107 Å². The standard InChI is InChI=1S/C25H24N6O2S2.C20H38N2/c1-17-3-5-21(6-4-17)35(32,33)31-10-8-22-24(28-16-29-25(22)31)30(2)20-11-19(12-20)15-34-23-13-18(14-26)7-9-27-23;1-2-4-6-10-15-20(14-9-5-3-1)22-18-12-8-7-11-16-21-17-13-19-22/h3-10,13,16,19-20H,11-12,15H2,1-2H3;16,20H,1-15,17-19H2. The van der Waals surface area contributed by atoms with Crippen LogP contribution >= 0.6 is 11.8 Å². The SMILES string of the molecule is C1=NCCCN(C2CCCCCCCCCC2)CCCCC1.Cc1ccc(S(=O)(=O)n2ccc3c(N(C)C4CC(CSc5cc(C#N)ccn5)C4)ncnc32)cc1. The number of aryl methyl sites for hydroxylation is 1. The van der Waals surface area contributed by atoms with Crippen molar-refractivity contribution in [2.75, 3.05) is 37.3 Å². The van der Waals surface area contributed by atoms with E-state index in [4.69, 9.17) is 5.26 Å². The van der Waals surface area contributed by atoms with Gasteiger partial charge >= 0.3 is 0 Å². The van der Waals surface area contributed by atoms with Crippen molar-refractivity contribution in [1.82, 2.24) is 23.8 Å². The molecule has 2 aliphatic carbocycles. The van der Waals surface area contributed by atoms with E-state index in [0.29, 0.717) is 28.6 Å². The number of nitriles is 1. The minimum Gasteiger partial charge on any atom is -0.356 e. The monoisotopic (exact) mass is 810 g/mol. The minimum absolute atomic E-state index is 0.225. The van der Waals surface area contributed by atoms with Gasteiger partial charge in [0.25, 0.3) is 10.0 Å². The molecular weight excluding hydrogens is 749 g/mol. The van der Waals surface area contributed by atoms with Gasteiger partial charge in [0, 0.05) is 50.4 Å². The predicted molar refractivity (Wildman–Crippen MR) is 234 cm³/mol. The second kappa shape index (κ2) is 21.8. The van der Waals surface area contributed by atoms with Crippen molar-refractivity contribution in [2.24, 2.45) is 10.9 Å². The van der Waals surface area contributed by atoms with Gasteiger partial charge in [-0.1, -0.05) is 75.5 Å². The van der Waals surface area contributed by atoms with Crippen LogP contribution in [0.4, 0.5) is 5.82 Å². The zero-order chi connectivity index (χ0) is 39.9. The molecule has 0 spiro atoms. The maximum absolute atomic E-state index is 13.2. The van der Waals surface area contributed by atoms with E-state index in [1.165, 1.54) is 120 Å². The van der Waals surface area contributed by atoms with Crippen molar-refractivity contribution in [2.45, 2.75) is 138 Å². The van der Waals surface area contributed by atoms with Gasteiger partial charge in [0.15, 0.2) is 5.65 Å². The normalized spacial score (nSPS) is 20.9.